The van der Waals surface area contributed by atoms with Gasteiger partial charge in [0.15, 0.2) is 17.2 Å². The van der Waals surface area contributed by atoms with Crippen LogP contribution in [0.15, 0.2) is 46.9 Å². The van der Waals surface area contributed by atoms with Crippen LogP contribution in [0.1, 0.15) is 0 Å². The van der Waals surface area contributed by atoms with Gasteiger partial charge in [-0.05, 0) is 30.3 Å². The third-order valence-corrected chi connectivity index (χ3v) is 3.03. The molecule has 0 saturated carbocycles. The van der Waals surface area contributed by atoms with E-state index in [0.29, 0.717) is 16.7 Å². The van der Waals surface area contributed by atoms with E-state index in [1.165, 1.54) is 18.2 Å². The van der Waals surface area contributed by atoms with Gasteiger partial charge in [-0.3, -0.25) is 0 Å². The lowest BCUT2D eigenvalue weighted by Crippen LogP contribution is -1.81. The minimum absolute atomic E-state index is 0.148. The average Bonchev–Trinajstić information content (AvgIpc) is 2.46. The molecule has 0 aliphatic heterocycles. The SMILES string of the molecule is Oc1ccc(-c2ccc3ccc(O)c(O)c3[o+]2)cc1O. The van der Waals surface area contributed by atoms with Crippen LogP contribution >= 0.6 is 0 Å². The Morgan fingerprint density at radius 2 is 1.40 bits per heavy atom. The number of phenols is 4. The summed E-state index contributed by atoms with van der Waals surface area (Å²) in [5, 5.41) is 38.7. The molecule has 0 spiro atoms. The smallest absolute Gasteiger partial charge is 0.405 e. The summed E-state index contributed by atoms with van der Waals surface area (Å²) in [4.78, 5) is 0. The molecule has 1 heterocycles. The molecule has 0 amide bonds. The Morgan fingerprint density at radius 3 is 2.15 bits per heavy atom. The second kappa shape index (κ2) is 4.31. The molecular formula is C15H11O5+. The molecule has 100 valence electrons. The molecule has 0 aliphatic rings. The van der Waals surface area contributed by atoms with Gasteiger partial charge in [-0.15, -0.1) is 0 Å². The molecule has 20 heavy (non-hydrogen) atoms. The maximum atomic E-state index is 9.80. The second-order valence-corrected chi connectivity index (χ2v) is 4.35. The lowest BCUT2D eigenvalue weighted by atomic mass is 10.1. The van der Waals surface area contributed by atoms with Gasteiger partial charge in [0.2, 0.25) is 0 Å². The highest BCUT2D eigenvalue weighted by Gasteiger charge is 2.21. The quantitative estimate of drug-likeness (QED) is 0.403. The van der Waals surface area contributed by atoms with Crippen LogP contribution < -0.4 is 0 Å². The zero-order valence-electron chi connectivity index (χ0n) is 10.2. The molecule has 0 radical (unpaired) electrons. The summed E-state index contributed by atoms with van der Waals surface area (Å²) in [5.74, 6) is -0.721. The predicted octanol–water partition coefficient (Wildman–Crippen LogP) is 3.20. The summed E-state index contributed by atoms with van der Waals surface area (Å²) < 4.78 is 5.55. The van der Waals surface area contributed by atoms with Gasteiger partial charge in [-0.1, -0.05) is 0 Å². The van der Waals surface area contributed by atoms with Crippen molar-refractivity contribution in [3.05, 3.63) is 42.5 Å². The van der Waals surface area contributed by atoms with Crippen LogP contribution in [0.2, 0.25) is 0 Å². The van der Waals surface area contributed by atoms with Crippen LogP contribution in [0, 0.1) is 0 Å². The Labute approximate surface area is 113 Å². The summed E-state index contributed by atoms with van der Waals surface area (Å²) in [6.07, 6.45) is 0. The number of hydrogen-bond acceptors (Lipinski definition) is 4. The summed E-state index contributed by atoms with van der Waals surface area (Å²) in [6.45, 7) is 0. The molecule has 5 nitrogen and oxygen atoms in total. The number of aromatic hydroxyl groups is 4. The summed E-state index contributed by atoms with van der Waals surface area (Å²) >= 11 is 0. The van der Waals surface area contributed by atoms with Gasteiger partial charge in [0.05, 0.1) is 10.9 Å². The number of benzene rings is 2. The van der Waals surface area contributed by atoms with Crippen molar-refractivity contribution < 1.29 is 24.8 Å². The number of phenolic OH excluding ortho intramolecular Hbond substituents is 4. The third-order valence-electron chi connectivity index (χ3n) is 3.03. The van der Waals surface area contributed by atoms with E-state index in [0.717, 1.165) is 0 Å². The molecule has 0 unspecified atom stereocenters. The molecule has 0 saturated heterocycles. The fraction of sp³-hybridized carbons (Fsp3) is 0. The molecular weight excluding hydrogens is 260 g/mol. The van der Waals surface area contributed by atoms with E-state index in [1.54, 1.807) is 24.3 Å². The van der Waals surface area contributed by atoms with Crippen molar-refractivity contribution in [2.24, 2.45) is 0 Å². The molecule has 0 fully saturated rings. The van der Waals surface area contributed by atoms with E-state index in [1.807, 2.05) is 0 Å². The lowest BCUT2D eigenvalue weighted by Gasteiger charge is -1.99. The van der Waals surface area contributed by atoms with Gasteiger partial charge in [0.1, 0.15) is 0 Å². The van der Waals surface area contributed by atoms with Crippen molar-refractivity contribution in [1.29, 1.82) is 0 Å². The highest BCUT2D eigenvalue weighted by atomic mass is 16.4. The topological polar surface area (TPSA) is 92.2 Å². The molecule has 5 heteroatoms. The normalized spacial score (nSPS) is 10.8. The van der Waals surface area contributed by atoms with E-state index in [2.05, 4.69) is 0 Å². The Morgan fingerprint density at radius 1 is 0.700 bits per heavy atom. The first-order chi connectivity index (χ1) is 9.56. The number of fused-ring (bicyclic) bond motifs is 1. The van der Waals surface area contributed by atoms with Gasteiger partial charge in [-0.2, -0.15) is 0 Å². The van der Waals surface area contributed by atoms with Crippen molar-refractivity contribution in [2.75, 3.05) is 0 Å². The summed E-state index contributed by atoms with van der Waals surface area (Å²) in [7, 11) is 0. The highest BCUT2D eigenvalue weighted by molar-refractivity contribution is 5.86. The fourth-order valence-electron chi connectivity index (χ4n) is 1.96. The van der Waals surface area contributed by atoms with E-state index in [-0.39, 0.29) is 28.6 Å². The third kappa shape index (κ3) is 1.85. The van der Waals surface area contributed by atoms with Crippen molar-refractivity contribution in [2.45, 2.75) is 0 Å². The van der Waals surface area contributed by atoms with Crippen molar-refractivity contribution in [3.63, 3.8) is 0 Å². The highest BCUT2D eigenvalue weighted by Crippen LogP contribution is 2.37. The first-order valence-corrected chi connectivity index (χ1v) is 5.86. The maximum Gasteiger partial charge on any atom is 0.405 e. The van der Waals surface area contributed by atoms with Gasteiger partial charge in [0.25, 0.3) is 5.75 Å². The van der Waals surface area contributed by atoms with Crippen molar-refractivity contribution >= 4 is 11.0 Å². The Balaban J connectivity index is 2.21. The minimum atomic E-state index is -0.340. The zero-order valence-corrected chi connectivity index (χ0v) is 10.2. The van der Waals surface area contributed by atoms with E-state index in [4.69, 9.17) is 4.42 Å². The van der Waals surface area contributed by atoms with Crippen molar-refractivity contribution in [3.8, 4) is 34.3 Å². The fourth-order valence-corrected chi connectivity index (χ4v) is 1.96. The van der Waals surface area contributed by atoms with Crippen LogP contribution in [-0.4, -0.2) is 20.4 Å². The summed E-state index contributed by atoms with van der Waals surface area (Å²) in [6, 6.07) is 10.6. The van der Waals surface area contributed by atoms with Crippen LogP contribution in [0.3, 0.4) is 0 Å². The maximum absolute atomic E-state index is 9.80. The lowest BCUT2D eigenvalue weighted by molar-refractivity contribution is 0.400. The zero-order chi connectivity index (χ0) is 14.3. The van der Waals surface area contributed by atoms with Gasteiger partial charge >= 0.3 is 11.3 Å². The Bertz CT molecular complexity index is 811. The molecule has 3 rings (SSSR count). The number of hydrogen-bond donors (Lipinski definition) is 4. The van der Waals surface area contributed by atoms with Gasteiger partial charge < -0.3 is 20.4 Å². The van der Waals surface area contributed by atoms with E-state index in [9.17, 15) is 20.4 Å². The molecule has 0 bridgehead atoms. The minimum Gasteiger partial charge on any atom is -0.504 e. The Hall–Kier alpha value is -2.95. The van der Waals surface area contributed by atoms with Gasteiger partial charge in [-0.25, -0.2) is 4.42 Å². The first-order valence-electron chi connectivity index (χ1n) is 5.86. The van der Waals surface area contributed by atoms with Crippen molar-refractivity contribution in [1.82, 2.24) is 0 Å². The molecule has 3 aromatic rings. The molecule has 0 aliphatic carbocycles. The molecule has 2 aromatic carbocycles. The van der Waals surface area contributed by atoms with Crippen LogP contribution in [-0.2, 0) is 0 Å². The van der Waals surface area contributed by atoms with Gasteiger partial charge in [0, 0.05) is 12.1 Å². The van der Waals surface area contributed by atoms with Crippen LogP contribution in [0.4, 0.5) is 0 Å². The Kier molecular flexibility index (Phi) is 2.61. The first kappa shape index (κ1) is 12.1. The molecule has 0 atom stereocenters. The van der Waals surface area contributed by atoms with Crippen LogP contribution in [0.25, 0.3) is 22.3 Å². The van der Waals surface area contributed by atoms with Crippen LogP contribution in [0.5, 0.6) is 23.0 Å². The predicted molar refractivity (Wildman–Crippen MR) is 72.7 cm³/mol. The second-order valence-electron chi connectivity index (χ2n) is 4.35. The van der Waals surface area contributed by atoms with E-state index < -0.39 is 0 Å². The largest absolute Gasteiger partial charge is 0.504 e. The average molecular weight is 271 g/mol. The van der Waals surface area contributed by atoms with E-state index >= 15 is 0 Å². The molecule has 1 aromatic heterocycles. The summed E-state index contributed by atoms with van der Waals surface area (Å²) in [5.41, 5.74) is 0.681. The number of rotatable bonds is 1. The molecule has 4 N–H and O–H groups in total. The standard InChI is InChI=1S/C15H10O5/c16-10-4-2-9(7-12(10)18)13-6-3-8-1-5-11(17)14(19)15(8)20-13/h1-7H,(H3-,16,17,18,19)/p+1. The monoisotopic (exact) mass is 271 g/mol.